The second-order valence-electron chi connectivity index (χ2n) is 6.40. The molecule has 0 bridgehead atoms. The molecular formula is C14H25NO7S. The van der Waals surface area contributed by atoms with E-state index in [9.17, 15) is 18.0 Å². The van der Waals surface area contributed by atoms with E-state index in [0.717, 1.165) is 6.26 Å². The molecule has 0 saturated carbocycles. The molecule has 23 heavy (non-hydrogen) atoms. The number of carbonyl (C=O) groups is 2. The highest BCUT2D eigenvalue weighted by molar-refractivity contribution is 7.86. The maximum Gasteiger partial charge on any atom is 0.411 e. The predicted molar refractivity (Wildman–Crippen MR) is 82.3 cm³/mol. The molecule has 134 valence electrons. The van der Waals surface area contributed by atoms with E-state index in [4.69, 9.17) is 13.7 Å². The van der Waals surface area contributed by atoms with Gasteiger partial charge in [0.05, 0.1) is 25.5 Å². The number of hydrogen-bond donors (Lipinski definition) is 0. The van der Waals surface area contributed by atoms with Gasteiger partial charge in [-0.05, 0) is 40.5 Å². The van der Waals surface area contributed by atoms with Crippen LogP contribution in [0.25, 0.3) is 0 Å². The Bertz CT molecular complexity index is 538. The summed E-state index contributed by atoms with van der Waals surface area (Å²) in [6.45, 7) is 6.94. The number of piperidine rings is 1. The number of likely N-dealkylation sites (tertiary alicyclic amines) is 1. The molecule has 1 amide bonds. The third-order valence-corrected chi connectivity index (χ3v) is 3.66. The highest BCUT2D eigenvalue weighted by Gasteiger charge is 2.40. The first-order valence-corrected chi connectivity index (χ1v) is 9.29. The number of hydrogen-bond acceptors (Lipinski definition) is 7. The number of amides is 1. The Kier molecular flexibility index (Phi) is 6.41. The fourth-order valence-electron chi connectivity index (χ4n) is 2.27. The van der Waals surface area contributed by atoms with E-state index in [1.807, 2.05) is 0 Å². The Morgan fingerprint density at radius 2 is 1.83 bits per heavy atom. The van der Waals surface area contributed by atoms with E-state index in [1.165, 1.54) is 4.90 Å². The van der Waals surface area contributed by atoms with Gasteiger partial charge in [0, 0.05) is 0 Å². The topological polar surface area (TPSA) is 99.2 Å². The number of nitrogens with zero attached hydrogens (tertiary/aromatic N) is 1. The van der Waals surface area contributed by atoms with Crippen molar-refractivity contribution in [3.05, 3.63) is 0 Å². The maximum atomic E-state index is 12.3. The van der Waals surface area contributed by atoms with Crippen LogP contribution in [0.3, 0.4) is 0 Å². The summed E-state index contributed by atoms with van der Waals surface area (Å²) in [6.07, 6.45) is 0.122. The molecule has 9 heteroatoms. The third-order valence-electron chi connectivity index (χ3n) is 3.04. The SMILES string of the molecule is CCOC(=O)[C@H]1CCC(OS(C)(=O)=O)CN1C(=O)OC(C)(C)C. The van der Waals surface area contributed by atoms with E-state index in [0.29, 0.717) is 6.42 Å². The summed E-state index contributed by atoms with van der Waals surface area (Å²) >= 11 is 0. The largest absolute Gasteiger partial charge is 0.464 e. The van der Waals surface area contributed by atoms with Crippen molar-refractivity contribution in [2.75, 3.05) is 19.4 Å². The van der Waals surface area contributed by atoms with Gasteiger partial charge in [-0.15, -0.1) is 0 Å². The molecule has 1 fully saturated rings. The molecule has 0 spiro atoms. The summed E-state index contributed by atoms with van der Waals surface area (Å²) in [5, 5.41) is 0. The Hall–Kier alpha value is -1.35. The van der Waals surface area contributed by atoms with Crippen LogP contribution in [0, 0.1) is 0 Å². The van der Waals surface area contributed by atoms with Crippen molar-refractivity contribution >= 4 is 22.2 Å². The standard InChI is InChI=1S/C14H25NO7S/c1-6-20-12(16)11-8-7-10(22-23(5,18)19)9-15(11)13(17)21-14(2,3)4/h10-11H,6-9H2,1-5H3/t10?,11-/m1/s1. The van der Waals surface area contributed by atoms with E-state index < -0.39 is 39.9 Å². The van der Waals surface area contributed by atoms with Gasteiger partial charge in [-0.3, -0.25) is 9.08 Å². The molecule has 1 heterocycles. The zero-order valence-electron chi connectivity index (χ0n) is 14.2. The normalized spacial score (nSPS) is 22.6. The Labute approximate surface area is 137 Å². The van der Waals surface area contributed by atoms with Gasteiger partial charge in [-0.25, -0.2) is 9.59 Å². The van der Waals surface area contributed by atoms with Crippen LogP contribution in [0.2, 0.25) is 0 Å². The van der Waals surface area contributed by atoms with Crippen molar-refractivity contribution in [1.82, 2.24) is 4.90 Å². The Morgan fingerprint density at radius 3 is 2.30 bits per heavy atom. The van der Waals surface area contributed by atoms with Crippen molar-refractivity contribution in [2.24, 2.45) is 0 Å². The van der Waals surface area contributed by atoms with E-state index in [-0.39, 0.29) is 19.6 Å². The van der Waals surface area contributed by atoms with Gasteiger partial charge in [-0.2, -0.15) is 8.42 Å². The number of ether oxygens (including phenoxy) is 2. The van der Waals surface area contributed by atoms with Gasteiger partial charge in [0.1, 0.15) is 11.6 Å². The van der Waals surface area contributed by atoms with Crippen LogP contribution in [0.15, 0.2) is 0 Å². The van der Waals surface area contributed by atoms with Crippen LogP contribution in [-0.2, 0) is 28.6 Å². The van der Waals surface area contributed by atoms with Gasteiger partial charge in [-0.1, -0.05) is 0 Å². The molecule has 1 aliphatic heterocycles. The van der Waals surface area contributed by atoms with E-state index in [1.54, 1.807) is 27.7 Å². The predicted octanol–water partition coefficient (Wildman–Crippen LogP) is 1.29. The molecule has 1 unspecified atom stereocenters. The fourth-order valence-corrected chi connectivity index (χ4v) is 2.92. The molecule has 0 aromatic carbocycles. The minimum absolute atomic E-state index is 0.0501. The molecule has 0 aliphatic carbocycles. The summed E-state index contributed by atoms with van der Waals surface area (Å²) in [7, 11) is -3.65. The second-order valence-corrected chi connectivity index (χ2v) is 8.00. The highest BCUT2D eigenvalue weighted by atomic mass is 32.2. The van der Waals surface area contributed by atoms with Crippen molar-refractivity contribution < 1.29 is 31.7 Å². The first-order chi connectivity index (χ1) is 10.4. The van der Waals surface area contributed by atoms with Gasteiger partial charge < -0.3 is 9.47 Å². The minimum atomic E-state index is -3.65. The molecule has 1 aliphatic rings. The van der Waals surface area contributed by atoms with Crippen LogP contribution in [0.4, 0.5) is 4.79 Å². The lowest BCUT2D eigenvalue weighted by atomic mass is 10.0. The maximum absolute atomic E-state index is 12.3. The summed E-state index contributed by atoms with van der Waals surface area (Å²) in [5.74, 6) is -0.531. The summed E-state index contributed by atoms with van der Waals surface area (Å²) in [6, 6.07) is -0.802. The molecule has 1 rings (SSSR count). The lowest BCUT2D eigenvalue weighted by molar-refractivity contribution is -0.151. The molecule has 0 radical (unpaired) electrons. The summed E-state index contributed by atoms with van der Waals surface area (Å²) in [5.41, 5.74) is -0.735. The van der Waals surface area contributed by atoms with Gasteiger partial charge in [0.2, 0.25) is 0 Å². The summed E-state index contributed by atoms with van der Waals surface area (Å²) in [4.78, 5) is 25.6. The first kappa shape index (κ1) is 19.7. The molecular weight excluding hydrogens is 326 g/mol. The monoisotopic (exact) mass is 351 g/mol. The van der Waals surface area contributed by atoms with Crippen LogP contribution < -0.4 is 0 Å². The van der Waals surface area contributed by atoms with Crippen LogP contribution in [0.1, 0.15) is 40.5 Å². The Morgan fingerprint density at radius 1 is 1.22 bits per heavy atom. The lowest BCUT2D eigenvalue weighted by Crippen LogP contribution is -2.54. The van der Waals surface area contributed by atoms with Crippen LogP contribution in [-0.4, -0.2) is 62.5 Å². The van der Waals surface area contributed by atoms with Crippen LogP contribution in [0.5, 0.6) is 0 Å². The molecule has 8 nitrogen and oxygen atoms in total. The van der Waals surface area contributed by atoms with E-state index >= 15 is 0 Å². The molecule has 1 saturated heterocycles. The zero-order valence-corrected chi connectivity index (χ0v) is 15.0. The van der Waals surface area contributed by atoms with Crippen molar-refractivity contribution in [2.45, 2.75) is 58.3 Å². The number of carbonyl (C=O) groups excluding carboxylic acids is 2. The quantitative estimate of drug-likeness (QED) is 0.556. The zero-order chi connectivity index (χ0) is 17.8. The van der Waals surface area contributed by atoms with Crippen molar-refractivity contribution in [1.29, 1.82) is 0 Å². The smallest absolute Gasteiger partial charge is 0.411 e. The fraction of sp³-hybridized carbons (Fsp3) is 0.857. The van der Waals surface area contributed by atoms with E-state index in [2.05, 4.69) is 0 Å². The van der Waals surface area contributed by atoms with Gasteiger partial charge in [0.15, 0.2) is 0 Å². The van der Waals surface area contributed by atoms with Crippen molar-refractivity contribution in [3.63, 3.8) is 0 Å². The minimum Gasteiger partial charge on any atom is -0.464 e. The average molecular weight is 351 g/mol. The molecule has 0 N–H and O–H groups in total. The lowest BCUT2D eigenvalue weighted by Gasteiger charge is -2.38. The highest BCUT2D eigenvalue weighted by Crippen LogP contribution is 2.24. The van der Waals surface area contributed by atoms with Gasteiger partial charge in [0.25, 0.3) is 10.1 Å². The van der Waals surface area contributed by atoms with Gasteiger partial charge >= 0.3 is 12.1 Å². The number of esters is 1. The van der Waals surface area contributed by atoms with Crippen LogP contribution >= 0.6 is 0 Å². The summed E-state index contributed by atoms with van der Waals surface area (Å²) < 4.78 is 37.8. The molecule has 2 atom stereocenters. The Balaban J connectivity index is 2.91. The molecule has 0 aromatic rings. The third kappa shape index (κ3) is 6.74. The first-order valence-electron chi connectivity index (χ1n) is 7.47. The second kappa shape index (κ2) is 7.48. The van der Waals surface area contributed by atoms with Crippen molar-refractivity contribution in [3.8, 4) is 0 Å². The average Bonchev–Trinajstić information content (AvgIpc) is 2.34. The number of rotatable bonds is 4. The molecule has 0 aromatic heterocycles.